The highest BCUT2D eigenvalue weighted by molar-refractivity contribution is 8.02. The molecule has 3 aromatic rings. The number of nitrogens with one attached hydrogen (secondary N) is 1. The van der Waals surface area contributed by atoms with Gasteiger partial charge in [0.2, 0.25) is 11.8 Å². The van der Waals surface area contributed by atoms with E-state index in [1.807, 2.05) is 32.0 Å². The summed E-state index contributed by atoms with van der Waals surface area (Å²) >= 11 is 0. The molecule has 5 rings (SSSR count). The van der Waals surface area contributed by atoms with Gasteiger partial charge >= 0.3 is 6.09 Å². The lowest BCUT2D eigenvalue weighted by molar-refractivity contribution is 0.0201. The van der Waals surface area contributed by atoms with Crippen molar-refractivity contribution in [2.24, 2.45) is 5.14 Å². The Balaban J connectivity index is 1.63. The number of thiol groups is 1. The highest BCUT2D eigenvalue weighted by Gasteiger charge is 2.33. The van der Waals surface area contributed by atoms with E-state index in [1.54, 1.807) is 54.8 Å². The summed E-state index contributed by atoms with van der Waals surface area (Å²) in [5.74, 6) is -0.0780. The van der Waals surface area contributed by atoms with Crippen LogP contribution in [-0.4, -0.2) is 73.9 Å². The Morgan fingerprint density at radius 1 is 1.07 bits per heavy atom. The minimum Gasteiger partial charge on any atom is -0.470 e. The number of benzene rings is 2. The van der Waals surface area contributed by atoms with Gasteiger partial charge in [0.15, 0.2) is 0 Å². The van der Waals surface area contributed by atoms with E-state index in [1.165, 1.54) is 6.07 Å². The summed E-state index contributed by atoms with van der Waals surface area (Å²) in [6.45, 7) is 10.2. The third-order valence-electron chi connectivity index (χ3n) is 6.90. The third kappa shape index (κ3) is 6.33. The molecule has 0 spiro atoms. The topological polar surface area (TPSA) is 140 Å². The number of amides is 2. The standard InChI is InChI=1S/C29H36N6O5S/c1-18-8-6-9-19(2)25(18)23-15-24-32-27(31-23)33-41(30,38)22-11-7-10-20(14-22)26(36)34-12-13-35(17-21(16-34)39-24)28(37)40-29(3,4)5/h6-11,14-15,21,41H,12-13,16-17H2,1-5H3,(H3,30,31,32,33,38). The van der Waals surface area contributed by atoms with Gasteiger partial charge in [-0.1, -0.05) is 24.3 Å². The number of ether oxygens (including phenoxy) is 2. The molecule has 1 saturated heterocycles. The zero-order valence-corrected chi connectivity index (χ0v) is 24.8. The number of aromatic nitrogens is 2. The van der Waals surface area contributed by atoms with E-state index in [0.29, 0.717) is 11.3 Å². The molecule has 1 unspecified atom stereocenters. The van der Waals surface area contributed by atoms with Gasteiger partial charge < -0.3 is 19.3 Å². The minimum atomic E-state index is -3.74. The van der Waals surface area contributed by atoms with Crippen LogP contribution in [-0.2, 0) is 15.0 Å². The fourth-order valence-corrected chi connectivity index (χ4v) is 6.18. The first kappa shape index (κ1) is 28.5. The normalized spacial score (nSPS) is 19.4. The number of fused-ring (bicyclic) bond motifs is 6. The van der Waals surface area contributed by atoms with Gasteiger partial charge in [0.25, 0.3) is 5.91 Å². The van der Waals surface area contributed by atoms with Crippen LogP contribution in [0.4, 0.5) is 10.7 Å². The molecule has 0 aliphatic carbocycles. The first-order chi connectivity index (χ1) is 19.3. The van der Waals surface area contributed by atoms with Crippen molar-refractivity contribution in [3.8, 4) is 17.1 Å². The Kier molecular flexibility index (Phi) is 7.47. The van der Waals surface area contributed by atoms with Crippen molar-refractivity contribution in [1.29, 1.82) is 0 Å². The predicted molar refractivity (Wildman–Crippen MR) is 157 cm³/mol. The number of carbonyl (C=O) groups excluding carboxylic acids is 2. The molecular formula is C29H36N6O5S. The van der Waals surface area contributed by atoms with Gasteiger partial charge in [-0.25, -0.2) is 14.0 Å². The molecule has 1 fully saturated rings. The fraction of sp³-hybridized carbons (Fsp3) is 0.379. The van der Waals surface area contributed by atoms with E-state index in [9.17, 15) is 13.8 Å². The van der Waals surface area contributed by atoms with E-state index < -0.39 is 28.1 Å². The van der Waals surface area contributed by atoms with Crippen LogP contribution >= 0.6 is 0 Å². The maximum atomic E-state index is 13.7. The Bertz CT molecular complexity index is 1530. The molecule has 0 saturated carbocycles. The van der Waals surface area contributed by atoms with Gasteiger partial charge in [0.1, 0.15) is 11.7 Å². The van der Waals surface area contributed by atoms with Crippen LogP contribution in [0.1, 0.15) is 42.3 Å². The summed E-state index contributed by atoms with van der Waals surface area (Å²) in [4.78, 5) is 39.3. The summed E-state index contributed by atoms with van der Waals surface area (Å²) in [7, 11) is -3.74. The van der Waals surface area contributed by atoms with Gasteiger partial charge in [0, 0.05) is 45.5 Å². The van der Waals surface area contributed by atoms with Gasteiger partial charge in [-0.2, -0.15) is 4.98 Å². The van der Waals surface area contributed by atoms with Crippen molar-refractivity contribution in [3.63, 3.8) is 0 Å². The highest BCUT2D eigenvalue weighted by atomic mass is 32.3. The van der Waals surface area contributed by atoms with E-state index in [-0.39, 0.29) is 48.8 Å². The molecule has 41 heavy (non-hydrogen) atoms. The zero-order chi connectivity index (χ0) is 29.5. The van der Waals surface area contributed by atoms with Crippen molar-refractivity contribution < 1.29 is 23.3 Å². The van der Waals surface area contributed by atoms with Crippen molar-refractivity contribution in [2.75, 3.05) is 30.9 Å². The number of hydrogen-bond acceptors (Lipinski definition) is 7. The summed E-state index contributed by atoms with van der Waals surface area (Å²) in [5, 5.41) is 6.31. The SMILES string of the molecule is Cc1cccc(C)c1-c1cc2nc(n1)N[SH](N)(=O)c1cccc(c1)C(=O)N1CCN(C(=O)OC(C)(C)C)CC(C1)O2. The Morgan fingerprint density at radius 3 is 2.49 bits per heavy atom. The molecule has 2 aliphatic heterocycles. The minimum absolute atomic E-state index is 0.0245. The molecule has 3 heterocycles. The molecule has 3 N–H and O–H groups in total. The monoisotopic (exact) mass is 580 g/mol. The molecule has 2 aliphatic rings. The lowest BCUT2D eigenvalue weighted by Crippen LogP contribution is -2.43. The van der Waals surface area contributed by atoms with Crippen LogP contribution in [0.25, 0.3) is 11.3 Å². The molecule has 1 atom stereocenters. The second-order valence-electron chi connectivity index (χ2n) is 11.4. The van der Waals surface area contributed by atoms with Crippen LogP contribution in [0.5, 0.6) is 5.88 Å². The molecule has 2 amide bonds. The number of nitrogens with two attached hydrogens (primary N) is 1. The average Bonchev–Trinajstić information content (AvgIpc) is 3.09. The lowest BCUT2D eigenvalue weighted by atomic mass is 10.00. The zero-order valence-electron chi connectivity index (χ0n) is 23.9. The largest absolute Gasteiger partial charge is 0.470 e. The maximum Gasteiger partial charge on any atom is 0.410 e. The molecular weight excluding hydrogens is 544 g/mol. The predicted octanol–water partition coefficient (Wildman–Crippen LogP) is 3.49. The first-order valence-electron chi connectivity index (χ1n) is 13.5. The van der Waals surface area contributed by atoms with E-state index in [0.717, 1.165) is 16.7 Å². The number of rotatable bonds is 1. The molecule has 218 valence electrons. The first-order valence-corrected chi connectivity index (χ1v) is 15.2. The van der Waals surface area contributed by atoms with Crippen LogP contribution in [0.2, 0.25) is 0 Å². The smallest absolute Gasteiger partial charge is 0.410 e. The van der Waals surface area contributed by atoms with Crippen molar-refractivity contribution in [3.05, 3.63) is 65.2 Å². The third-order valence-corrected chi connectivity index (χ3v) is 8.47. The van der Waals surface area contributed by atoms with E-state index >= 15 is 0 Å². The number of aryl methyl sites for hydroxylation is 2. The Hall–Kier alpha value is -4.03. The molecule has 2 aromatic carbocycles. The molecule has 1 aromatic heterocycles. The number of carbonyl (C=O) groups is 2. The van der Waals surface area contributed by atoms with Gasteiger partial charge in [-0.15, -0.1) is 0 Å². The lowest BCUT2D eigenvalue weighted by Gasteiger charge is -2.28. The van der Waals surface area contributed by atoms with Gasteiger partial charge in [-0.3, -0.25) is 14.7 Å². The number of anilines is 1. The maximum absolute atomic E-state index is 13.7. The van der Waals surface area contributed by atoms with Crippen LogP contribution in [0.15, 0.2) is 53.4 Å². The molecule has 0 radical (unpaired) electrons. The fourth-order valence-electron chi connectivity index (χ4n) is 5.02. The summed E-state index contributed by atoms with van der Waals surface area (Å²) < 4.78 is 28.5. The van der Waals surface area contributed by atoms with E-state index in [2.05, 4.69) is 14.7 Å². The molecule has 6 bridgehead atoms. The van der Waals surface area contributed by atoms with Crippen LogP contribution < -0.4 is 14.6 Å². The van der Waals surface area contributed by atoms with Gasteiger partial charge in [0.05, 0.1) is 18.8 Å². The number of hydrogen-bond donors (Lipinski definition) is 3. The average molecular weight is 581 g/mol. The second-order valence-corrected chi connectivity index (χ2v) is 13.5. The van der Waals surface area contributed by atoms with Crippen molar-refractivity contribution in [2.45, 2.75) is 51.2 Å². The highest BCUT2D eigenvalue weighted by Crippen LogP contribution is 2.31. The summed E-state index contributed by atoms with van der Waals surface area (Å²) in [6, 6.07) is 14.0. The Labute approximate surface area is 240 Å². The van der Waals surface area contributed by atoms with Crippen LogP contribution in [0.3, 0.4) is 0 Å². The quantitative estimate of drug-likeness (QED) is 0.374. The Morgan fingerprint density at radius 2 is 1.78 bits per heavy atom. The number of nitrogens with zero attached hydrogens (tertiary/aromatic N) is 4. The van der Waals surface area contributed by atoms with Gasteiger partial charge in [-0.05, 0) is 63.9 Å². The molecule has 12 heteroatoms. The van der Waals surface area contributed by atoms with Crippen molar-refractivity contribution >= 4 is 28.3 Å². The summed E-state index contributed by atoms with van der Waals surface area (Å²) in [6.07, 6.45) is -1.13. The van der Waals surface area contributed by atoms with Crippen LogP contribution in [0, 0.1) is 13.8 Å². The van der Waals surface area contributed by atoms with Crippen molar-refractivity contribution in [1.82, 2.24) is 19.8 Å². The summed E-state index contributed by atoms with van der Waals surface area (Å²) in [5.41, 5.74) is 3.06. The molecule has 11 nitrogen and oxygen atoms in total. The van der Waals surface area contributed by atoms with E-state index in [4.69, 9.17) is 14.6 Å². The second kappa shape index (κ2) is 10.7.